The highest BCUT2D eigenvalue weighted by atomic mass is 16.5. The third-order valence-electron chi connectivity index (χ3n) is 5.15. The van der Waals surface area contributed by atoms with Gasteiger partial charge in [-0.05, 0) is 38.0 Å². The maximum Gasteiger partial charge on any atom is 0.259 e. The van der Waals surface area contributed by atoms with Crippen molar-refractivity contribution in [2.75, 3.05) is 27.3 Å². The molecule has 3 N–H and O–H groups in total. The largest absolute Gasteiger partial charge is 0.493 e. The molecule has 1 atom stereocenters. The predicted octanol–water partition coefficient (Wildman–Crippen LogP) is 1.75. The van der Waals surface area contributed by atoms with E-state index in [1.807, 2.05) is 0 Å². The van der Waals surface area contributed by atoms with Gasteiger partial charge in [0.1, 0.15) is 17.4 Å². The summed E-state index contributed by atoms with van der Waals surface area (Å²) in [5, 5.41) is 14.1. The van der Waals surface area contributed by atoms with Crippen molar-refractivity contribution in [1.29, 1.82) is 0 Å². The van der Waals surface area contributed by atoms with Crippen LogP contribution < -0.4 is 15.2 Å². The molecule has 1 saturated heterocycles. The molecule has 2 amide bonds. The van der Waals surface area contributed by atoms with E-state index in [0.29, 0.717) is 48.7 Å². The van der Waals surface area contributed by atoms with Crippen LogP contribution in [0.25, 0.3) is 11.3 Å². The summed E-state index contributed by atoms with van der Waals surface area (Å²) in [5.41, 5.74) is 6.48. The van der Waals surface area contributed by atoms with Crippen LogP contribution in [0, 0.1) is 5.92 Å². The predicted molar refractivity (Wildman–Crippen MR) is 103 cm³/mol. The number of amides is 2. The number of rotatable bonds is 6. The number of methoxy groups -OCH3 is 2. The standard InChI is InChI=1S/C20H25N3O6/c1-11(24)18-16(20(26)23-8-6-12(7-9-23)19(21)25)17(22-29-18)13-4-5-14(27-2)15(10-13)28-3/h4-5,10-12,24H,6-9H2,1-3H3,(H2,21,25). The quantitative estimate of drug-likeness (QED) is 0.752. The molecule has 0 aliphatic carbocycles. The summed E-state index contributed by atoms with van der Waals surface area (Å²) in [4.78, 5) is 26.3. The Morgan fingerprint density at radius 3 is 2.45 bits per heavy atom. The van der Waals surface area contributed by atoms with Crippen molar-refractivity contribution in [2.45, 2.75) is 25.9 Å². The van der Waals surface area contributed by atoms with Gasteiger partial charge in [0.15, 0.2) is 17.3 Å². The lowest BCUT2D eigenvalue weighted by Gasteiger charge is -2.30. The van der Waals surface area contributed by atoms with Gasteiger partial charge in [0.25, 0.3) is 5.91 Å². The Labute approximate surface area is 168 Å². The summed E-state index contributed by atoms with van der Waals surface area (Å²) >= 11 is 0. The highest BCUT2D eigenvalue weighted by Gasteiger charge is 2.33. The first-order valence-electron chi connectivity index (χ1n) is 9.36. The van der Waals surface area contributed by atoms with Crippen molar-refractivity contribution in [3.63, 3.8) is 0 Å². The minimum Gasteiger partial charge on any atom is -0.493 e. The number of aromatic nitrogens is 1. The first-order chi connectivity index (χ1) is 13.9. The molecule has 29 heavy (non-hydrogen) atoms. The van der Waals surface area contributed by atoms with E-state index < -0.39 is 6.10 Å². The molecule has 0 bridgehead atoms. The fraction of sp³-hybridized carbons (Fsp3) is 0.450. The van der Waals surface area contributed by atoms with E-state index in [1.165, 1.54) is 21.1 Å². The van der Waals surface area contributed by atoms with Crippen molar-refractivity contribution in [2.24, 2.45) is 11.7 Å². The molecule has 156 valence electrons. The zero-order valence-electron chi connectivity index (χ0n) is 16.7. The minimum absolute atomic E-state index is 0.0943. The third-order valence-corrected chi connectivity index (χ3v) is 5.15. The van der Waals surface area contributed by atoms with Gasteiger partial charge in [-0.15, -0.1) is 0 Å². The Balaban J connectivity index is 1.97. The highest BCUT2D eigenvalue weighted by Crippen LogP contribution is 2.36. The van der Waals surface area contributed by atoms with Crippen LogP contribution in [0.3, 0.4) is 0 Å². The third kappa shape index (κ3) is 4.04. The van der Waals surface area contributed by atoms with Crippen LogP contribution in [-0.2, 0) is 4.79 Å². The second kappa shape index (κ2) is 8.52. The van der Waals surface area contributed by atoms with Gasteiger partial charge < -0.3 is 29.7 Å². The first-order valence-corrected chi connectivity index (χ1v) is 9.36. The maximum absolute atomic E-state index is 13.3. The topological polar surface area (TPSA) is 128 Å². The summed E-state index contributed by atoms with van der Waals surface area (Å²) in [7, 11) is 3.05. The summed E-state index contributed by atoms with van der Waals surface area (Å²) in [6.07, 6.45) is -0.0112. The zero-order valence-corrected chi connectivity index (χ0v) is 16.7. The van der Waals surface area contributed by atoms with E-state index in [1.54, 1.807) is 23.1 Å². The molecule has 1 fully saturated rings. The van der Waals surface area contributed by atoms with E-state index >= 15 is 0 Å². The summed E-state index contributed by atoms with van der Waals surface area (Å²) in [6.45, 7) is 2.29. The average molecular weight is 403 g/mol. The molecule has 1 unspecified atom stereocenters. The van der Waals surface area contributed by atoms with Crippen LogP contribution in [0.5, 0.6) is 11.5 Å². The molecule has 0 radical (unpaired) electrons. The zero-order chi connectivity index (χ0) is 21.1. The van der Waals surface area contributed by atoms with E-state index in [4.69, 9.17) is 19.7 Å². The maximum atomic E-state index is 13.3. The van der Waals surface area contributed by atoms with Crippen molar-refractivity contribution in [3.05, 3.63) is 29.5 Å². The number of piperidine rings is 1. The number of nitrogens with zero attached hydrogens (tertiary/aromatic N) is 2. The van der Waals surface area contributed by atoms with Gasteiger partial charge in [0, 0.05) is 24.6 Å². The lowest BCUT2D eigenvalue weighted by atomic mass is 9.95. The fourth-order valence-corrected chi connectivity index (χ4v) is 3.50. The molecule has 1 aliphatic rings. The number of primary amides is 1. The smallest absolute Gasteiger partial charge is 0.259 e. The Hall–Kier alpha value is -3.07. The second-order valence-corrected chi connectivity index (χ2v) is 6.99. The number of nitrogens with two attached hydrogens (primary N) is 1. The summed E-state index contributed by atoms with van der Waals surface area (Å²) < 4.78 is 15.9. The molecule has 2 aromatic rings. The average Bonchev–Trinajstić information content (AvgIpc) is 3.18. The SMILES string of the molecule is COc1ccc(-c2noc(C(C)O)c2C(=O)N2CCC(C(N)=O)CC2)cc1OC. The Kier molecular flexibility index (Phi) is 6.07. The summed E-state index contributed by atoms with van der Waals surface area (Å²) in [5.74, 6) is 0.219. The van der Waals surface area contributed by atoms with E-state index in [0.717, 1.165) is 0 Å². The van der Waals surface area contributed by atoms with Gasteiger partial charge in [-0.1, -0.05) is 5.16 Å². The lowest BCUT2D eigenvalue weighted by Crippen LogP contribution is -2.42. The Morgan fingerprint density at radius 1 is 1.24 bits per heavy atom. The van der Waals surface area contributed by atoms with Crippen molar-refractivity contribution in [3.8, 4) is 22.8 Å². The molecule has 0 spiro atoms. The molecule has 1 aromatic carbocycles. The molecule has 2 heterocycles. The van der Waals surface area contributed by atoms with Gasteiger partial charge in [-0.3, -0.25) is 9.59 Å². The van der Waals surface area contributed by atoms with Gasteiger partial charge in [-0.25, -0.2) is 0 Å². The van der Waals surface area contributed by atoms with Crippen LogP contribution >= 0.6 is 0 Å². The second-order valence-electron chi connectivity index (χ2n) is 6.99. The molecule has 9 heteroatoms. The number of ether oxygens (including phenoxy) is 2. The molecule has 1 aromatic heterocycles. The lowest BCUT2D eigenvalue weighted by molar-refractivity contribution is -0.123. The van der Waals surface area contributed by atoms with Gasteiger partial charge >= 0.3 is 0 Å². The van der Waals surface area contributed by atoms with Gasteiger partial charge in [0.05, 0.1) is 14.2 Å². The van der Waals surface area contributed by atoms with Gasteiger partial charge in [-0.2, -0.15) is 0 Å². The van der Waals surface area contributed by atoms with Crippen molar-refractivity contribution >= 4 is 11.8 Å². The van der Waals surface area contributed by atoms with Crippen LogP contribution in [0.1, 0.15) is 42.0 Å². The fourth-order valence-electron chi connectivity index (χ4n) is 3.50. The van der Waals surface area contributed by atoms with Crippen molar-refractivity contribution < 1.29 is 28.7 Å². The number of likely N-dealkylation sites (tertiary alicyclic amines) is 1. The molecule has 3 rings (SSSR count). The van der Waals surface area contributed by atoms with E-state index in [9.17, 15) is 14.7 Å². The van der Waals surface area contributed by atoms with Crippen LogP contribution in [0.4, 0.5) is 0 Å². The first kappa shape index (κ1) is 20.7. The van der Waals surface area contributed by atoms with Crippen molar-refractivity contribution in [1.82, 2.24) is 10.1 Å². The van der Waals surface area contributed by atoms with E-state index in [2.05, 4.69) is 5.16 Å². The number of carbonyl (C=O) groups is 2. The number of aliphatic hydroxyl groups excluding tert-OH is 1. The number of hydrogen-bond donors (Lipinski definition) is 2. The molecule has 1 aliphatic heterocycles. The number of hydrogen-bond acceptors (Lipinski definition) is 7. The van der Waals surface area contributed by atoms with Crippen LogP contribution in [-0.4, -0.2) is 54.3 Å². The number of carbonyl (C=O) groups excluding carboxylic acids is 2. The number of aliphatic hydroxyl groups is 1. The normalized spacial score (nSPS) is 15.8. The van der Waals surface area contributed by atoms with Crippen LogP contribution in [0.2, 0.25) is 0 Å². The van der Waals surface area contributed by atoms with E-state index in [-0.39, 0.29) is 29.1 Å². The Bertz CT molecular complexity index is 900. The molecule has 0 saturated carbocycles. The highest BCUT2D eigenvalue weighted by molar-refractivity contribution is 6.01. The Morgan fingerprint density at radius 2 is 1.90 bits per heavy atom. The number of benzene rings is 1. The van der Waals surface area contributed by atoms with Crippen LogP contribution in [0.15, 0.2) is 22.7 Å². The monoisotopic (exact) mass is 403 g/mol. The molecule has 9 nitrogen and oxygen atoms in total. The summed E-state index contributed by atoms with van der Waals surface area (Å²) in [6, 6.07) is 5.14. The molecular weight excluding hydrogens is 378 g/mol. The van der Waals surface area contributed by atoms with Gasteiger partial charge in [0.2, 0.25) is 5.91 Å². The minimum atomic E-state index is -1.02. The molecular formula is C20H25N3O6.